The topological polar surface area (TPSA) is 46.3 Å². The lowest BCUT2D eigenvalue weighted by Gasteiger charge is -2.27. The van der Waals surface area contributed by atoms with E-state index in [1.54, 1.807) is 0 Å². The Hall–Kier alpha value is -0.870. The maximum absolute atomic E-state index is 12.5. The highest BCUT2D eigenvalue weighted by molar-refractivity contribution is 9.10. The Balaban J connectivity index is 2.19. The zero-order valence-corrected chi connectivity index (χ0v) is 12.4. The van der Waals surface area contributed by atoms with Gasteiger partial charge in [-0.3, -0.25) is 4.79 Å². The Morgan fingerprint density at radius 3 is 2.72 bits per heavy atom. The molecule has 0 heterocycles. The van der Waals surface area contributed by atoms with E-state index in [-0.39, 0.29) is 11.9 Å². The molecule has 2 N–H and O–H groups in total. The van der Waals surface area contributed by atoms with Crippen LogP contribution in [0, 0.1) is 12.8 Å². The van der Waals surface area contributed by atoms with Gasteiger partial charge in [-0.15, -0.1) is 0 Å². The molecule has 1 unspecified atom stereocenters. The number of carbonyl (C=O) groups is 1. The molecule has 1 aromatic carbocycles. The third kappa shape index (κ3) is 2.75. The smallest absolute Gasteiger partial charge is 0.254 e. The van der Waals surface area contributed by atoms with Crippen LogP contribution in [0.5, 0.6) is 0 Å². The molecule has 0 bridgehead atoms. The minimum absolute atomic E-state index is 0.0716. The van der Waals surface area contributed by atoms with Crippen LogP contribution >= 0.6 is 15.9 Å². The summed E-state index contributed by atoms with van der Waals surface area (Å²) in [6.07, 6.45) is 2.39. The molecule has 0 spiro atoms. The molecule has 1 amide bonds. The van der Waals surface area contributed by atoms with Crippen molar-refractivity contribution in [2.75, 3.05) is 13.6 Å². The van der Waals surface area contributed by atoms with E-state index in [1.807, 2.05) is 37.1 Å². The maximum atomic E-state index is 12.5. The van der Waals surface area contributed by atoms with Crippen molar-refractivity contribution in [2.24, 2.45) is 11.7 Å². The Morgan fingerprint density at radius 1 is 1.56 bits per heavy atom. The Morgan fingerprint density at radius 2 is 2.22 bits per heavy atom. The molecule has 0 aromatic heterocycles. The zero-order valence-electron chi connectivity index (χ0n) is 10.8. The highest BCUT2D eigenvalue weighted by atomic mass is 79.9. The molecule has 1 aliphatic rings. The van der Waals surface area contributed by atoms with E-state index in [1.165, 1.54) is 12.8 Å². The second kappa shape index (κ2) is 5.41. The number of hydrogen-bond donors (Lipinski definition) is 1. The van der Waals surface area contributed by atoms with E-state index in [0.29, 0.717) is 12.5 Å². The molecule has 2 rings (SSSR count). The zero-order chi connectivity index (χ0) is 13.3. The summed E-state index contributed by atoms with van der Waals surface area (Å²) in [7, 11) is 1.86. The average Bonchev–Trinajstić information content (AvgIpc) is 3.13. The van der Waals surface area contributed by atoms with E-state index in [4.69, 9.17) is 5.73 Å². The maximum Gasteiger partial charge on any atom is 0.254 e. The van der Waals surface area contributed by atoms with Gasteiger partial charge < -0.3 is 10.6 Å². The summed E-state index contributed by atoms with van der Waals surface area (Å²) >= 11 is 3.41. The van der Waals surface area contributed by atoms with Gasteiger partial charge in [-0.1, -0.05) is 15.9 Å². The van der Waals surface area contributed by atoms with Crippen LogP contribution in [-0.4, -0.2) is 30.4 Å². The standard InChI is InChI=1S/C14H19BrN2O/c1-9-7-11(15)5-6-12(9)14(18)17(2)13(8-16)10-3-4-10/h5-7,10,13H,3-4,8,16H2,1-2H3. The van der Waals surface area contributed by atoms with Gasteiger partial charge in [0.25, 0.3) is 5.91 Å². The Kier molecular flexibility index (Phi) is 4.07. The number of amides is 1. The van der Waals surface area contributed by atoms with Crippen LogP contribution in [0.25, 0.3) is 0 Å². The molecule has 18 heavy (non-hydrogen) atoms. The number of hydrogen-bond acceptors (Lipinski definition) is 2. The van der Waals surface area contributed by atoms with Crippen LogP contribution in [-0.2, 0) is 0 Å². The molecule has 98 valence electrons. The van der Waals surface area contributed by atoms with Crippen LogP contribution < -0.4 is 5.73 Å². The van der Waals surface area contributed by atoms with Gasteiger partial charge in [-0.25, -0.2) is 0 Å². The van der Waals surface area contributed by atoms with Crippen LogP contribution in [0.1, 0.15) is 28.8 Å². The minimum atomic E-state index is 0.0716. The average molecular weight is 311 g/mol. The van der Waals surface area contributed by atoms with Gasteiger partial charge in [0, 0.05) is 29.7 Å². The van der Waals surface area contributed by atoms with E-state index < -0.39 is 0 Å². The van der Waals surface area contributed by atoms with E-state index in [2.05, 4.69) is 15.9 Å². The molecule has 1 fully saturated rings. The molecule has 0 saturated heterocycles. The van der Waals surface area contributed by atoms with Crippen molar-refractivity contribution in [3.05, 3.63) is 33.8 Å². The quantitative estimate of drug-likeness (QED) is 0.929. The van der Waals surface area contributed by atoms with E-state index >= 15 is 0 Å². The first kappa shape index (κ1) is 13.6. The molecule has 0 aliphatic heterocycles. The summed E-state index contributed by atoms with van der Waals surface area (Å²) in [6.45, 7) is 2.50. The molecule has 1 aliphatic carbocycles. The van der Waals surface area contributed by atoms with Crippen molar-refractivity contribution in [1.29, 1.82) is 0 Å². The Bertz CT molecular complexity index is 457. The second-order valence-corrected chi connectivity index (χ2v) is 5.93. The van der Waals surface area contributed by atoms with Gasteiger partial charge in [0.15, 0.2) is 0 Å². The monoisotopic (exact) mass is 310 g/mol. The minimum Gasteiger partial charge on any atom is -0.337 e. The molecule has 0 radical (unpaired) electrons. The third-order valence-electron chi connectivity index (χ3n) is 3.64. The number of benzene rings is 1. The van der Waals surface area contributed by atoms with Crippen molar-refractivity contribution in [2.45, 2.75) is 25.8 Å². The summed E-state index contributed by atoms with van der Waals surface area (Å²) < 4.78 is 0.997. The number of likely N-dealkylation sites (N-methyl/N-ethyl adjacent to an activating group) is 1. The van der Waals surface area contributed by atoms with Crippen molar-refractivity contribution in [3.8, 4) is 0 Å². The summed E-state index contributed by atoms with van der Waals surface area (Å²) in [5, 5.41) is 0. The lowest BCUT2D eigenvalue weighted by Crippen LogP contribution is -2.43. The van der Waals surface area contributed by atoms with Crippen LogP contribution in [0.2, 0.25) is 0 Å². The number of aryl methyl sites for hydroxylation is 1. The molecule has 3 nitrogen and oxygen atoms in total. The second-order valence-electron chi connectivity index (χ2n) is 5.02. The van der Waals surface area contributed by atoms with Crippen molar-refractivity contribution in [1.82, 2.24) is 4.90 Å². The fraction of sp³-hybridized carbons (Fsp3) is 0.500. The highest BCUT2D eigenvalue weighted by Gasteiger charge is 2.35. The largest absolute Gasteiger partial charge is 0.337 e. The lowest BCUT2D eigenvalue weighted by atomic mass is 10.1. The summed E-state index contributed by atoms with van der Waals surface area (Å²) in [5.74, 6) is 0.669. The van der Waals surface area contributed by atoms with E-state index in [9.17, 15) is 4.79 Å². The highest BCUT2D eigenvalue weighted by Crippen LogP contribution is 2.35. The molecule has 4 heteroatoms. The fourth-order valence-corrected chi connectivity index (χ4v) is 2.83. The van der Waals surface area contributed by atoms with Gasteiger partial charge in [0.05, 0.1) is 0 Å². The van der Waals surface area contributed by atoms with Crippen LogP contribution in [0.15, 0.2) is 22.7 Å². The number of rotatable bonds is 4. The summed E-state index contributed by atoms with van der Waals surface area (Å²) in [4.78, 5) is 14.3. The predicted octanol–water partition coefficient (Wildman–Crippen LogP) is 2.57. The number of nitrogens with zero attached hydrogens (tertiary/aromatic N) is 1. The van der Waals surface area contributed by atoms with E-state index in [0.717, 1.165) is 15.6 Å². The number of nitrogens with two attached hydrogens (primary N) is 1. The van der Waals surface area contributed by atoms with Crippen LogP contribution in [0.4, 0.5) is 0 Å². The van der Waals surface area contributed by atoms with Gasteiger partial charge >= 0.3 is 0 Å². The Labute approximate surface area is 116 Å². The first-order chi connectivity index (χ1) is 8.54. The van der Waals surface area contributed by atoms with Crippen molar-refractivity contribution >= 4 is 21.8 Å². The number of halogens is 1. The number of carbonyl (C=O) groups excluding carboxylic acids is 1. The first-order valence-electron chi connectivity index (χ1n) is 6.28. The van der Waals surface area contributed by atoms with Crippen LogP contribution in [0.3, 0.4) is 0 Å². The molecule has 1 atom stereocenters. The predicted molar refractivity (Wildman–Crippen MR) is 76.5 cm³/mol. The van der Waals surface area contributed by atoms with Gasteiger partial charge in [0.1, 0.15) is 0 Å². The molecular weight excluding hydrogens is 292 g/mol. The fourth-order valence-electron chi connectivity index (χ4n) is 2.36. The third-order valence-corrected chi connectivity index (χ3v) is 4.14. The van der Waals surface area contributed by atoms with Crippen molar-refractivity contribution in [3.63, 3.8) is 0 Å². The van der Waals surface area contributed by atoms with Gasteiger partial charge in [0.2, 0.25) is 0 Å². The normalized spacial score (nSPS) is 16.4. The molecule has 1 aromatic rings. The molecule has 1 saturated carbocycles. The first-order valence-corrected chi connectivity index (χ1v) is 7.07. The van der Waals surface area contributed by atoms with Gasteiger partial charge in [-0.05, 0) is 49.4 Å². The van der Waals surface area contributed by atoms with Crippen molar-refractivity contribution < 1.29 is 4.79 Å². The SMILES string of the molecule is Cc1cc(Br)ccc1C(=O)N(C)C(CN)C1CC1. The lowest BCUT2D eigenvalue weighted by molar-refractivity contribution is 0.0718. The summed E-state index contributed by atoms with van der Waals surface area (Å²) in [6, 6.07) is 5.93. The van der Waals surface area contributed by atoms with Gasteiger partial charge in [-0.2, -0.15) is 0 Å². The molecular formula is C14H19BrN2O. The summed E-state index contributed by atoms with van der Waals surface area (Å²) in [5.41, 5.74) is 7.55.